The van der Waals surface area contributed by atoms with Gasteiger partial charge < -0.3 is 25.2 Å². The average molecular weight is 296 g/mol. The van der Waals surface area contributed by atoms with Crippen LogP contribution in [0.25, 0.3) is 0 Å². The number of aromatic carboxylic acids is 1. The zero-order valence-corrected chi connectivity index (χ0v) is 12.5. The second-order valence-corrected chi connectivity index (χ2v) is 4.99. The summed E-state index contributed by atoms with van der Waals surface area (Å²) in [5.74, 6) is -0.915. The van der Waals surface area contributed by atoms with E-state index >= 15 is 0 Å². The summed E-state index contributed by atoms with van der Waals surface area (Å²) in [5.41, 5.74) is -0.00380. The Morgan fingerprint density at radius 2 is 1.95 bits per heavy atom. The fraction of sp³-hybridized carbons (Fsp3) is 0.429. The second kappa shape index (κ2) is 6.94. The van der Waals surface area contributed by atoms with E-state index in [1.807, 2.05) is 13.8 Å². The number of carbonyl (C=O) groups excluding carboxylic acids is 1. The minimum atomic E-state index is -1.09. The molecule has 1 rings (SSSR count). The molecule has 0 atom stereocenters. The lowest BCUT2D eigenvalue weighted by molar-refractivity contribution is 0.0257. The van der Waals surface area contributed by atoms with Crippen LogP contribution in [0.5, 0.6) is 5.75 Å². The Kier molecular flexibility index (Phi) is 5.54. The molecule has 7 heteroatoms. The number of urea groups is 1. The van der Waals surface area contributed by atoms with Crippen molar-refractivity contribution >= 4 is 17.7 Å². The molecular weight excluding hydrogens is 276 g/mol. The van der Waals surface area contributed by atoms with Crippen LogP contribution in [0.1, 0.15) is 24.2 Å². The maximum absolute atomic E-state index is 11.8. The third kappa shape index (κ3) is 4.96. The lowest BCUT2D eigenvalue weighted by Crippen LogP contribution is -2.41. The number of nitrogens with one attached hydrogen (secondary N) is 2. The van der Waals surface area contributed by atoms with E-state index in [1.54, 1.807) is 7.11 Å². The number of ether oxygens (including phenoxy) is 2. The molecule has 0 aliphatic rings. The topological polar surface area (TPSA) is 96.9 Å². The molecule has 0 heterocycles. The first-order valence-electron chi connectivity index (χ1n) is 6.30. The van der Waals surface area contributed by atoms with E-state index < -0.39 is 17.6 Å². The molecule has 0 spiro atoms. The van der Waals surface area contributed by atoms with Crippen molar-refractivity contribution in [3.63, 3.8) is 0 Å². The number of benzene rings is 1. The van der Waals surface area contributed by atoms with E-state index in [-0.39, 0.29) is 11.3 Å². The Balaban J connectivity index is 2.71. The molecule has 0 saturated carbocycles. The van der Waals surface area contributed by atoms with Crippen molar-refractivity contribution < 1.29 is 24.2 Å². The van der Waals surface area contributed by atoms with Crippen LogP contribution in [-0.4, -0.2) is 43.5 Å². The van der Waals surface area contributed by atoms with E-state index in [1.165, 1.54) is 25.3 Å². The molecular formula is C14H20N2O5. The molecule has 1 aromatic rings. The van der Waals surface area contributed by atoms with Crippen LogP contribution in [0, 0.1) is 0 Å². The van der Waals surface area contributed by atoms with Gasteiger partial charge in [-0.15, -0.1) is 0 Å². The predicted molar refractivity (Wildman–Crippen MR) is 78.1 cm³/mol. The van der Waals surface area contributed by atoms with Crippen molar-refractivity contribution in [2.45, 2.75) is 19.4 Å². The van der Waals surface area contributed by atoms with Crippen LogP contribution >= 0.6 is 0 Å². The summed E-state index contributed by atoms with van der Waals surface area (Å²) in [5, 5.41) is 14.2. The van der Waals surface area contributed by atoms with Gasteiger partial charge in [0.25, 0.3) is 0 Å². The molecule has 0 bridgehead atoms. The standard InChI is InChI=1S/C14H20N2O5/c1-14(2,21-4)8-15-13(19)16-9-5-6-10(12(17)18)11(7-9)20-3/h5-7H,8H2,1-4H3,(H,17,18)(H2,15,16,19). The third-order valence-electron chi connectivity index (χ3n) is 2.92. The molecule has 21 heavy (non-hydrogen) atoms. The minimum Gasteiger partial charge on any atom is -0.496 e. The lowest BCUT2D eigenvalue weighted by Gasteiger charge is -2.23. The van der Waals surface area contributed by atoms with Crippen molar-refractivity contribution in [3.8, 4) is 5.75 Å². The number of hydrogen-bond donors (Lipinski definition) is 3. The smallest absolute Gasteiger partial charge is 0.339 e. The highest BCUT2D eigenvalue weighted by Gasteiger charge is 2.17. The van der Waals surface area contributed by atoms with Crippen molar-refractivity contribution in [3.05, 3.63) is 23.8 Å². The number of methoxy groups -OCH3 is 2. The summed E-state index contributed by atoms with van der Waals surface area (Å²) < 4.78 is 10.2. The number of carboxylic acid groups (broad SMARTS) is 1. The van der Waals surface area contributed by atoms with E-state index in [0.29, 0.717) is 12.2 Å². The van der Waals surface area contributed by atoms with Crippen LogP contribution in [0.15, 0.2) is 18.2 Å². The summed E-state index contributed by atoms with van der Waals surface area (Å²) in [4.78, 5) is 22.7. The first kappa shape index (κ1) is 16.8. The molecule has 0 aromatic heterocycles. The molecule has 0 radical (unpaired) electrons. The normalized spacial score (nSPS) is 10.9. The van der Waals surface area contributed by atoms with E-state index in [0.717, 1.165) is 0 Å². The van der Waals surface area contributed by atoms with Gasteiger partial charge in [-0.3, -0.25) is 0 Å². The lowest BCUT2D eigenvalue weighted by atomic mass is 10.1. The summed E-state index contributed by atoms with van der Waals surface area (Å²) >= 11 is 0. The number of anilines is 1. The fourth-order valence-corrected chi connectivity index (χ4v) is 1.49. The predicted octanol–water partition coefficient (Wildman–Crippen LogP) is 1.94. The van der Waals surface area contributed by atoms with Crippen LogP contribution in [-0.2, 0) is 4.74 Å². The largest absolute Gasteiger partial charge is 0.496 e. The summed E-state index contributed by atoms with van der Waals surface area (Å²) in [6.45, 7) is 4.02. The zero-order valence-electron chi connectivity index (χ0n) is 12.5. The number of carbonyl (C=O) groups is 2. The highest BCUT2D eigenvalue weighted by atomic mass is 16.5. The molecule has 0 saturated heterocycles. The molecule has 1 aromatic carbocycles. The van der Waals surface area contributed by atoms with Gasteiger partial charge in [-0.1, -0.05) is 0 Å². The van der Waals surface area contributed by atoms with Gasteiger partial charge >= 0.3 is 12.0 Å². The maximum Gasteiger partial charge on any atom is 0.339 e. The number of carboxylic acids is 1. The minimum absolute atomic E-state index is 0.0315. The number of rotatable bonds is 6. The van der Waals surface area contributed by atoms with Gasteiger partial charge in [-0.2, -0.15) is 0 Å². The Bertz CT molecular complexity index is 528. The first-order chi connectivity index (χ1) is 9.79. The molecule has 0 fully saturated rings. The van der Waals surface area contributed by atoms with E-state index in [4.69, 9.17) is 14.6 Å². The number of amides is 2. The molecule has 0 unspecified atom stereocenters. The summed E-state index contributed by atoms with van der Waals surface area (Å²) in [7, 11) is 2.93. The molecule has 2 amide bonds. The van der Waals surface area contributed by atoms with Gasteiger partial charge in [0.05, 0.1) is 12.7 Å². The molecule has 0 aliphatic carbocycles. The summed E-state index contributed by atoms with van der Waals surface area (Å²) in [6.07, 6.45) is 0. The van der Waals surface area contributed by atoms with Gasteiger partial charge in [0.15, 0.2) is 0 Å². The van der Waals surface area contributed by atoms with Gasteiger partial charge in [0, 0.05) is 25.4 Å². The van der Waals surface area contributed by atoms with Crippen LogP contribution in [0.4, 0.5) is 10.5 Å². The second-order valence-electron chi connectivity index (χ2n) is 4.99. The zero-order chi connectivity index (χ0) is 16.0. The molecule has 3 N–H and O–H groups in total. The Morgan fingerprint density at radius 3 is 2.48 bits per heavy atom. The number of hydrogen-bond acceptors (Lipinski definition) is 4. The Morgan fingerprint density at radius 1 is 1.29 bits per heavy atom. The van der Waals surface area contributed by atoms with Crippen LogP contribution < -0.4 is 15.4 Å². The highest BCUT2D eigenvalue weighted by molar-refractivity contribution is 5.94. The average Bonchev–Trinajstić information content (AvgIpc) is 2.45. The van der Waals surface area contributed by atoms with E-state index in [9.17, 15) is 9.59 Å². The van der Waals surface area contributed by atoms with Crippen LogP contribution in [0.2, 0.25) is 0 Å². The van der Waals surface area contributed by atoms with E-state index in [2.05, 4.69) is 10.6 Å². The van der Waals surface area contributed by atoms with Crippen LogP contribution in [0.3, 0.4) is 0 Å². The summed E-state index contributed by atoms with van der Waals surface area (Å²) in [6, 6.07) is 3.90. The van der Waals surface area contributed by atoms with Crippen molar-refractivity contribution in [2.75, 3.05) is 26.1 Å². The van der Waals surface area contributed by atoms with Gasteiger partial charge in [0.1, 0.15) is 11.3 Å². The quantitative estimate of drug-likeness (QED) is 0.745. The molecule has 116 valence electrons. The Labute approximate surface area is 123 Å². The Hall–Kier alpha value is -2.28. The van der Waals surface area contributed by atoms with Crippen molar-refractivity contribution in [2.24, 2.45) is 0 Å². The fourth-order valence-electron chi connectivity index (χ4n) is 1.49. The maximum atomic E-state index is 11.8. The first-order valence-corrected chi connectivity index (χ1v) is 6.30. The molecule has 7 nitrogen and oxygen atoms in total. The SMILES string of the molecule is COc1cc(NC(=O)NCC(C)(C)OC)ccc1C(=O)O. The van der Waals surface area contributed by atoms with Gasteiger partial charge in [0.2, 0.25) is 0 Å². The van der Waals surface area contributed by atoms with Gasteiger partial charge in [-0.05, 0) is 26.0 Å². The highest BCUT2D eigenvalue weighted by Crippen LogP contribution is 2.23. The third-order valence-corrected chi connectivity index (χ3v) is 2.92. The van der Waals surface area contributed by atoms with Crippen molar-refractivity contribution in [1.29, 1.82) is 0 Å². The van der Waals surface area contributed by atoms with Gasteiger partial charge in [-0.25, -0.2) is 9.59 Å². The van der Waals surface area contributed by atoms with Crippen molar-refractivity contribution in [1.82, 2.24) is 5.32 Å². The monoisotopic (exact) mass is 296 g/mol. The molecule has 0 aliphatic heterocycles.